The summed E-state index contributed by atoms with van der Waals surface area (Å²) in [4.78, 5) is 0. The number of benzene rings is 1. The van der Waals surface area contributed by atoms with Crippen molar-refractivity contribution in [3.63, 3.8) is 0 Å². The molecule has 1 aromatic carbocycles. The van der Waals surface area contributed by atoms with Crippen LogP contribution in [0.25, 0.3) is 17.0 Å². The van der Waals surface area contributed by atoms with Gasteiger partial charge in [-0.1, -0.05) is 6.58 Å². The van der Waals surface area contributed by atoms with Crippen molar-refractivity contribution in [2.24, 2.45) is 0 Å². The molecule has 0 amide bonds. The van der Waals surface area contributed by atoms with Crippen molar-refractivity contribution in [1.29, 1.82) is 0 Å². The highest BCUT2D eigenvalue weighted by Gasteiger charge is 2.25. The van der Waals surface area contributed by atoms with Crippen molar-refractivity contribution < 1.29 is 18.6 Å². The van der Waals surface area contributed by atoms with E-state index in [4.69, 9.17) is 18.6 Å². The van der Waals surface area contributed by atoms with E-state index in [1.807, 2.05) is 24.3 Å². The van der Waals surface area contributed by atoms with E-state index in [0.29, 0.717) is 18.1 Å². The predicted molar refractivity (Wildman–Crippen MR) is 70.3 cm³/mol. The van der Waals surface area contributed by atoms with Crippen molar-refractivity contribution >= 4 is 17.0 Å². The number of hydrogen-bond donors (Lipinski definition) is 0. The Kier molecular flexibility index (Phi) is 2.19. The van der Waals surface area contributed by atoms with Gasteiger partial charge in [-0.3, -0.25) is 0 Å². The fourth-order valence-electron chi connectivity index (χ4n) is 2.16. The highest BCUT2D eigenvalue weighted by atomic mass is 16.6. The summed E-state index contributed by atoms with van der Waals surface area (Å²) < 4.78 is 22.1. The van der Waals surface area contributed by atoms with Crippen LogP contribution in [0.1, 0.15) is 5.56 Å². The SMILES string of the molecule is C=C1C=Cc2c(cc3occc3c2OCC2CO2)O1. The molecule has 4 rings (SSSR count). The van der Waals surface area contributed by atoms with E-state index < -0.39 is 0 Å². The Morgan fingerprint density at radius 3 is 3.11 bits per heavy atom. The average Bonchev–Trinajstić information content (AvgIpc) is 3.11. The van der Waals surface area contributed by atoms with Crippen LogP contribution in [0.4, 0.5) is 0 Å². The summed E-state index contributed by atoms with van der Waals surface area (Å²) in [5.41, 5.74) is 1.66. The van der Waals surface area contributed by atoms with Gasteiger partial charge < -0.3 is 18.6 Å². The Bertz CT molecular complexity index is 691. The number of rotatable bonds is 3. The normalized spacial score (nSPS) is 20.2. The highest BCUT2D eigenvalue weighted by Crippen LogP contribution is 2.41. The second-order valence-electron chi connectivity index (χ2n) is 4.62. The first-order valence-electron chi connectivity index (χ1n) is 6.15. The molecule has 19 heavy (non-hydrogen) atoms. The molecule has 2 aliphatic rings. The van der Waals surface area contributed by atoms with Crippen molar-refractivity contribution in [1.82, 2.24) is 0 Å². The summed E-state index contributed by atoms with van der Waals surface area (Å²) in [6.45, 7) is 5.11. The predicted octanol–water partition coefficient (Wildman–Crippen LogP) is 3.13. The maximum Gasteiger partial charge on any atom is 0.142 e. The molecule has 4 nitrogen and oxygen atoms in total. The smallest absolute Gasteiger partial charge is 0.142 e. The summed E-state index contributed by atoms with van der Waals surface area (Å²) >= 11 is 0. The summed E-state index contributed by atoms with van der Waals surface area (Å²) in [5, 5.41) is 0.945. The van der Waals surface area contributed by atoms with Gasteiger partial charge in [-0.05, 0) is 18.2 Å². The van der Waals surface area contributed by atoms with E-state index in [2.05, 4.69) is 6.58 Å². The molecule has 0 radical (unpaired) electrons. The minimum absolute atomic E-state index is 0.210. The summed E-state index contributed by atoms with van der Waals surface area (Å²) in [7, 11) is 0. The van der Waals surface area contributed by atoms with Crippen LogP contribution in [0.5, 0.6) is 11.5 Å². The van der Waals surface area contributed by atoms with E-state index in [9.17, 15) is 0 Å². The molecule has 3 heterocycles. The fraction of sp³-hybridized carbons (Fsp3) is 0.200. The van der Waals surface area contributed by atoms with Gasteiger partial charge in [0.05, 0.1) is 23.8 Å². The van der Waals surface area contributed by atoms with Crippen LogP contribution in [-0.4, -0.2) is 19.3 Å². The van der Waals surface area contributed by atoms with E-state index in [-0.39, 0.29) is 6.10 Å². The molecule has 0 N–H and O–H groups in total. The Morgan fingerprint density at radius 2 is 2.26 bits per heavy atom. The average molecular weight is 256 g/mol. The van der Waals surface area contributed by atoms with Crippen molar-refractivity contribution in [3.8, 4) is 11.5 Å². The molecule has 0 aliphatic carbocycles. The minimum atomic E-state index is 0.210. The lowest BCUT2D eigenvalue weighted by Gasteiger charge is -2.17. The van der Waals surface area contributed by atoms with E-state index in [1.54, 1.807) is 6.26 Å². The first-order valence-corrected chi connectivity index (χ1v) is 6.15. The van der Waals surface area contributed by atoms with Crippen molar-refractivity contribution in [2.75, 3.05) is 13.2 Å². The molecule has 1 aromatic heterocycles. The number of ether oxygens (including phenoxy) is 3. The second kappa shape index (κ2) is 3.90. The largest absolute Gasteiger partial charge is 0.489 e. The van der Waals surface area contributed by atoms with Gasteiger partial charge in [0.15, 0.2) is 0 Å². The van der Waals surface area contributed by atoms with E-state index >= 15 is 0 Å². The molecular weight excluding hydrogens is 244 g/mol. The lowest BCUT2D eigenvalue weighted by Crippen LogP contribution is -2.07. The van der Waals surface area contributed by atoms with Crippen LogP contribution >= 0.6 is 0 Å². The van der Waals surface area contributed by atoms with Gasteiger partial charge in [0.1, 0.15) is 35.6 Å². The first-order chi connectivity index (χ1) is 9.31. The number of furan rings is 1. The first kappa shape index (κ1) is 10.7. The quantitative estimate of drug-likeness (QED) is 0.791. The van der Waals surface area contributed by atoms with E-state index in [0.717, 1.165) is 28.9 Å². The summed E-state index contributed by atoms with van der Waals surface area (Å²) in [5.74, 6) is 2.09. The number of allylic oxidation sites excluding steroid dienone is 1. The molecule has 96 valence electrons. The Morgan fingerprint density at radius 1 is 1.37 bits per heavy atom. The van der Waals surface area contributed by atoms with Crippen LogP contribution in [0, 0.1) is 0 Å². The summed E-state index contributed by atoms with van der Waals surface area (Å²) in [6, 6.07) is 3.76. The Balaban J connectivity index is 1.85. The van der Waals surface area contributed by atoms with Gasteiger partial charge in [-0.2, -0.15) is 0 Å². The zero-order valence-corrected chi connectivity index (χ0v) is 10.2. The lowest BCUT2D eigenvalue weighted by atomic mass is 10.1. The van der Waals surface area contributed by atoms with Gasteiger partial charge >= 0.3 is 0 Å². The van der Waals surface area contributed by atoms with E-state index in [1.165, 1.54) is 0 Å². The maximum atomic E-state index is 5.89. The molecule has 4 heteroatoms. The molecule has 1 fully saturated rings. The van der Waals surface area contributed by atoms with Crippen LogP contribution in [0.2, 0.25) is 0 Å². The third-order valence-electron chi connectivity index (χ3n) is 3.20. The standard InChI is InChI=1S/C15H12O4/c1-9-2-3-11-14(19-9)6-13-12(4-5-16-13)15(11)18-8-10-7-17-10/h2-6,10H,1,7-8H2. The topological polar surface area (TPSA) is 44.1 Å². The molecule has 0 bridgehead atoms. The molecule has 2 aliphatic heterocycles. The molecule has 1 atom stereocenters. The third-order valence-corrected chi connectivity index (χ3v) is 3.20. The number of hydrogen-bond acceptors (Lipinski definition) is 4. The molecule has 2 aromatic rings. The zero-order valence-electron chi connectivity index (χ0n) is 10.2. The third kappa shape index (κ3) is 1.81. The van der Waals surface area contributed by atoms with Crippen molar-refractivity contribution in [3.05, 3.63) is 42.4 Å². The molecule has 1 unspecified atom stereocenters. The van der Waals surface area contributed by atoms with Gasteiger partial charge in [0.2, 0.25) is 0 Å². The minimum Gasteiger partial charge on any atom is -0.489 e. The fourth-order valence-corrected chi connectivity index (χ4v) is 2.16. The summed E-state index contributed by atoms with van der Waals surface area (Å²) in [6.07, 6.45) is 5.64. The van der Waals surface area contributed by atoms with Gasteiger partial charge in [0.25, 0.3) is 0 Å². The number of epoxide rings is 1. The monoisotopic (exact) mass is 256 g/mol. The van der Waals surface area contributed by atoms with Gasteiger partial charge in [-0.25, -0.2) is 0 Å². The van der Waals surface area contributed by atoms with Crippen LogP contribution in [0.3, 0.4) is 0 Å². The maximum absolute atomic E-state index is 5.89. The molecule has 0 spiro atoms. The van der Waals surface area contributed by atoms with Crippen LogP contribution in [-0.2, 0) is 4.74 Å². The lowest BCUT2D eigenvalue weighted by molar-refractivity contribution is 0.264. The van der Waals surface area contributed by atoms with Crippen molar-refractivity contribution in [2.45, 2.75) is 6.10 Å². The van der Waals surface area contributed by atoms with Crippen LogP contribution in [0.15, 0.2) is 41.2 Å². The molecular formula is C15H12O4. The highest BCUT2D eigenvalue weighted by molar-refractivity contribution is 5.91. The molecule has 0 saturated carbocycles. The second-order valence-corrected chi connectivity index (χ2v) is 4.62. The molecule has 1 saturated heterocycles. The van der Waals surface area contributed by atoms with Gasteiger partial charge in [0, 0.05) is 6.07 Å². The Labute approximate surface area is 109 Å². The number of fused-ring (bicyclic) bond motifs is 2. The van der Waals surface area contributed by atoms with Crippen LogP contribution < -0.4 is 9.47 Å². The zero-order chi connectivity index (χ0) is 12.8. The van der Waals surface area contributed by atoms with Gasteiger partial charge in [-0.15, -0.1) is 0 Å². The Hall–Kier alpha value is -2.20.